The Hall–Kier alpha value is -6.84. The molecule has 21 nitrogen and oxygen atoms in total. The Morgan fingerprint density at radius 3 is 1.26 bits per heavy atom. The minimum absolute atomic E-state index is 0.0518. The molecule has 6 amide bonds. The van der Waals surface area contributed by atoms with Crippen molar-refractivity contribution in [3.63, 3.8) is 0 Å². The van der Waals surface area contributed by atoms with Gasteiger partial charge in [-0.3, -0.25) is 28.8 Å². The van der Waals surface area contributed by atoms with E-state index in [1.165, 1.54) is 58.8 Å². The van der Waals surface area contributed by atoms with Crippen molar-refractivity contribution in [1.29, 1.82) is 0 Å². The molecule has 0 aliphatic rings. The number of nitrogens with one attached hydrogen (secondary N) is 5. The SMILES string of the molecule is COc1ccc(NC(=O)[C@@H](CCCCN)NC(=O)c2c(O)ccc(NC(=O)[C@@H](CCCCN)NC(=O)c3c(O)ccc(NC(=O)[C@H](C)CCCCN)c3OC)c2OC)c(OC)c1C(N)=O. The Kier molecular flexibility index (Phi) is 21.1. The van der Waals surface area contributed by atoms with Gasteiger partial charge in [0.1, 0.15) is 46.0 Å². The number of carbonyl (C=O) groups excluding carboxylic acids is 6. The molecule has 0 fully saturated rings. The fraction of sp³-hybridized carbons (Fsp3) is 0.455. The van der Waals surface area contributed by atoms with E-state index in [4.69, 9.17) is 41.9 Å². The lowest BCUT2D eigenvalue weighted by atomic mass is 10.0. The number of primary amides is 1. The van der Waals surface area contributed by atoms with Gasteiger partial charge in [-0.15, -0.1) is 0 Å². The van der Waals surface area contributed by atoms with Crippen LogP contribution in [-0.4, -0.2) is 106 Å². The number of amides is 6. The topological polar surface area (TPSA) is 344 Å². The van der Waals surface area contributed by atoms with Crippen molar-refractivity contribution in [2.75, 3.05) is 64.0 Å². The zero-order valence-electron chi connectivity index (χ0n) is 37.5. The third kappa shape index (κ3) is 14.1. The van der Waals surface area contributed by atoms with Crippen LogP contribution >= 0.6 is 0 Å². The number of hydrogen-bond donors (Lipinski definition) is 11. The van der Waals surface area contributed by atoms with Gasteiger partial charge in [0.25, 0.3) is 17.7 Å². The quantitative estimate of drug-likeness (QED) is 0.0387. The zero-order chi connectivity index (χ0) is 48.2. The Balaban J connectivity index is 1.95. The van der Waals surface area contributed by atoms with E-state index in [2.05, 4.69) is 26.6 Å². The van der Waals surface area contributed by atoms with Crippen LogP contribution in [0.15, 0.2) is 36.4 Å². The summed E-state index contributed by atoms with van der Waals surface area (Å²) in [6.07, 6.45) is 4.00. The first kappa shape index (κ1) is 52.5. The lowest BCUT2D eigenvalue weighted by Gasteiger charge is -2.23. The first-order chi connectivity index (χ1) is 31.1. The number of unbranched alkanes of at least 4 members (excludes halogenated alkanes) is 3. The minimum atomic E-state index is -1.27. The summed E-state index contributed by atoms with van der Waals surface area (Å²) >= 11 is 0. The molecule has 0 aliphatic carbocycles. The second kappa shape index (κ2) is 26.1. The average Bonchev–Trinajstić information content (AvgIpc) is 3.28. The molecule has 0 unspecified atom stereocenters. The van der Waals surface area contributed by atoms with Crippen molar-refractivity contribution in [2.45, 2.75) is 76.8 Å². The maximum atomic E-state index is 14.0. The molecule has 3 aromatic rings. The fourth-order valence-corrected chi connectivity index (χ4v) is 6.89. The van der Waals surface area contributed by atoms with Crippen LogP contribution in [0.25, 0.3) is 0 Å². The molecule has 0 spiro atoms. The van der Waals surface area contributed by atoms with Crippen LogP contribution in [-0.2, 0) is 14.4 Å². The van der Waals surface area contributed by atoms with E-state index in [1.807, 2.05) is 0 Å². The van der Waals surface area contributed by atoms with Crippen molar-refractivity contribution in [3.8, 4) is 34.5 Å². The van der Waals surface area contributed by atoms with Crippen molar-refractivity contribution < 1.29 is 57.9 Å². The van der Waals surface area contributed by atoms with Crippen LogP contribution in [0.2, 0.25) is 0 Å². The summed E-state index contributed by atoms with van der Waals surface area (Å²) in [5.74, 6) is -6.44. The number of benzene rings is 3. The number of aromatic hydroxyl groups is 2. The van der Waals surface area contributed by atoms with Crippen LogP contribution in [0.5, 0.6) is 34.5 Å². The van der Waals surface area contributed by atoms with E-state index in [-0.39, 0.29) is 69.9 Å². The van der Waals surface area contributed by atoms with Crippen molar-refractivity contribution in [3.05, 3.63) is 53.1 Å². The Labute approximate surface area is 377 Å². The molecule has 3 rings (SSSR count). The summed E-state index contributed by atoms with van der Waals surface area (Å²) in [6, 6.07) is 5.34. The summed E-state index contributed by atoms with van der Waals surface area (Å²) in [6.45, 7) is 2.84. The Morgan fingerprint density at radius 1 is 0.523 bits per heavy atom. The van der Waals surface area contributed by atoms with Gasteiger partial charge in [-0.25, -0.2) is 0 Å². The van der Waals surface area contributed by atoms with Gasteiger partial charge in [-0.2, -0.15) is 0 Å². The summed E-state index contributed by atoms with van der Waals surface area (Å²) in [5.41, 5.74) is 21.8. The smallest absolute Gasteiger partial charge is 0.259 e. The Bertz CT molecular complexity index is 2150. The molecule has 356 valence electrons. The second-order valence-corrected chi connectivity index (χ2v) is 14.9. The van der Waals surface area contributed by atoms with Crippen LogP contribution in [0.3, 0.4) is 0 Å². The zero-order valence-corrected chi connectivity index (χ0v) is 37.5. The van der Waals surface area contributed by atoms with Crippen molar-refractivity contribution >= 4 is 52.5 Å². The molecule has 0 saturated carbocycles. The minimum Gasteiger partial charge on any atom is -0.507 e. The third-order valence-electron chi connectivity index (χ3n) is 10.4. The number of ether oxygens (including phenoxy) is 4. The van der Waals surface area contributed by atoms with E-state index < -0.39 is 64.6 Å². The molecule has 0 heterocycles. The number of phenols is 2. The van der Waals surface area contributed by atoms with Crippen molar-refractivity contribution in [2.24, 2.45) is 28.9 Å². The lowest BCUT2D eigenvalue weighted by molar-refractivity contribution is -0.120. The Morgan fingerprint density at radius 2 is 0.892 bits per heavy atom. The van der Waals surface area contributed by atoms with E-state index >= 15 is 0 Å². The number of hydrogen-bond acceptors (Lipinski definition) is 15. The summed E-state index contributed by atoms with van der Waals surface area (Å²) in [5, 5.41) is 35.2. The predicted molar refractivity (Wildman–Crippen MR) is 244 cm³/mol. The summed E-state index contributed by atoms with van der Waals surface area (Å²) in [4.78, 5) is 81.1. The molecule has 21 heteroatoms. The van der Waals surface area contributed by atoms with Crippen LogP contribution in [0, 0.1) is 5.92 Å². The average molecular weight is 910 g/mol. The highest BCUT2D eigenvalue weighted by Crippen LogP contribution is 2.38. The normalized spacial score (nSPS) is 12.2. The van der Waals surface area contributed by atoms with Crippen molar-refractivity contribution in [1.82, 2.24) is 10.6 Å². The summed E-state index contributed by atoms with van der Waals surface area (Å²) < 4.78 is 21.7. The van der Waals surface area contributed by atoms with Gasteiger partial charge >= 0.3 is 0 Å². The first-order valence-electron chi connectivity index (χ1n) is 21.1. The number of methoxy groups -OCH3 is 4. The van der Waals surface area contributed by atoms with E-state index in [1.54, 1.807) is 6.92 Å². The molecular formula is C44H63N9O12. The lowest BCUT2D eigenvalue weighted by Crippen LogP contribution is -2.44. The standard InChI is InChI=1S/C44H63N9O12/c1-24(12-6-9-21-45)40(57)49-25-15-18-30(54)33(36(25)63-3)43(60)52-28(13-7-10-22-46)41(58)50-26-16-19-31(55)34(37(26)64-4)44(61)53-29(14-8-11-23-47)42(59)51-27-17-20-32(62-2)35(39(48)56)38(27)65-5/h15-20,24,28-29,54-55H,6-14,21-23,45-47H2,1-5H3,(H2,48,56)(H,49,57)(H,50,58)(H,51,59)(H,52,60)(H,53,61)/t24-,28-,29-/m1/s1. The maximum absolute atomic E-state index is 14.0. The number of nitrogens with two attached hydrogens (primary N) is 4. The van der Waals surface area contributed by atoms with Crippen LogP contribution in [0.4, 0.5) is 17.1 Å². The molecule has 15 N–H and O–H groups in total. The number of phenolic OH excluding ortho intramolecular Hbond substituents is 2. The first-order valence-corrected chi connectivity index (χ1v) is 21.1. The molecule has 3 atom stereocenters. The number of carbonyl (C=O) groups is 6. The van der Waals surface area contributed by atoms with Gasteiger partial charge in [0.2, 0.25) is 17.7 Å². The van der Waals surface area contributed by atoms with Gasteiger partial charge < -0.3 is 78.7 Å². The van der Waals surface area contributed by atoms with Gasteiger partial charge in [0, 0.05) is 5.92 Å². The highest BCUT2D eigenvalue weighted by atomic mass is 16.5. The molecule has 0 bridgehead atoms. The molecular weight excluding hydrogens is 847 g/mol. The molecule has 3 aromatic carbocycles. The maximum Gasteiger partial charge on any atom is 0.259 e. The molecule has 65 heavy (non-hydrogen) atoms. The number of rotatable bonds is 27. The van der Waals surface area contributed by atoms with E-state index in [0.29, 0.717) is 51.7 Å². The molecule has 0 saturated heterocycles. The van der Waals surface area contributed by atoms with Crippen LogP contribution < -0.4 is 68.5 Å². The highest BCUT2D eigenvalue weighted by molar-refractivity contribution is 6.09. The monoisotopic (exact) mass is 909 g/mol. The third-order valence-corrected chi connectivity index (χ3v) is 10.4. The molecule has 0 aliphatic heterocycles. The van der Waals surface area contributed by atoms with E-state index in [9.17, 15) is 39.0 Å². The van der Waals surface area contributed by atoms with Gasteiger partial charge in [-0.1, -0.05) is 13.3 Å². The van der Waals surface area contributed by atoms with Gasteiger partial charge in [0.05, 0.1) is 45.5 Å². The summed E-state index contributed by atoms with van der Waals surface area (Å²) in [7, 11) is 5.06. The highest BCUT2D eigenvalue weighted by Gasteiger charge is 2.31. The fourth-order valence-electron chi connectivity index (χ4n) is 6.89. The van der Waals surface area contributed by atoms with E-state index in [0.717, 1.165) is 18.9 Å². The largest absolute Gasteiger partial charge is 0.507 e. The van der Waals surface area contributed by atoms with Crippen LogP contribution in [0.1, 0.15) is 95.8 Å². The predicted octanol–water partition coefficient (Wildman–Crippen LogP) is 2.67. The van der Waals surface area contributed by atoms with Gasteiger partial charge in [-0.05, 0) is 107 Å². The second-order valence-electron chi connectivity index (χ2n) is 14.9. The molecule has 0 aromatic heterocycles. The molecule has 0 radical (unpaired) electrons. The number of anilines is 3. The van der Waals surface area contributed by atoms with Gasteiger partial charge in [0.15, 0.2) is 17.2 Å².